The Bertz CT molecular complexity index is 682. The van der Waals surface area contributed by atoms with Crippen LogP contribution in [0.2, 0.25) is 0 Å². The number of ether oxygens (including phenoxy) is 1. The summed E-state index contributed by atoms with van der Waals surface area (Å²) >= 11 is 1.72. The molecule has 0 bridgehead atoms. The van der Waals surface area contributed by atoms with Gasteiger partial charge in [-0.3, -0.25) is 4.90 Å². The Morgan fingerprint density at radius 2 is 2.12 bits per heavy atom. The van der Waals surface area contributed by atoms with Crippen molar-refractivity contribution in [2.24, 2.45) is 0 Å². The molecule has 1 N–H and O–H groups in total. The van der Waals surface area contributed by atoms with E-state index >= 15 is 0 Å². The number of thiophene rings is 1. The number of hydrogen-bond acceptors (Lipinski definition) is 4. The Hall–Kier alpha value is -1.63. The fourth-order valence-electron chi connectivity index (χ4n) is 2.92. The predicted octanol–water partition coefficient (Wildman–Crippen LogP) is 2.94. The van der Waals surface area contributed by atoms with Gasteiger partial charge in [0, 0.05) is 37.9 Å². The van der Waals surface area contributed by atoms with E-state index in [1.54, 1.807) is 16.2 Å². The van der Waals surface area contributed by atoms with Crippen molar-refractivity contribution >= 4 is 27.5 Å². The maximum atomic E-state index is 12.4. The summed E-state index contributed by atoms with van der Waals surface area (Å²) < 4.78 is 6.61. The van der Waals surface area contributed by atoms with Gasteiger partial charge in [-0.1, -0.05) is 18.2 Å². The lowest BCUT2D eigenvalue weighted by molar-refractivity contribution is 0.0357. The monoisotopic (exact) mass is 347 g/mol. The number of hydrogen-bond donors (Lipinski definition) is 1. The Morgan fingerprint density at radius 3 is 2.92 bits per heavy atom. The zero-order valence-electron chi connectivity index (χ0n) is 14.3. The summed E-state index contributed by atoms with van der Waals surface area (Å²) in [6.45, 7) is 7.14. The molecule has 5 nitrogen and oxygen atoms in total. The third-order valence-corrected chi connectivity index (χ3v) is 5.50. The molecule has 0 saturated carbocycles. The van der Waals surface area contributed by atoms with Crippen molar-refractivity contribution < 1.29 is 9.53 Å². The van der Waals surface area contributed by atoms with E-state index in [2.05, 4.69) is 27.7 Å². The second kappa shape index (κ2) is 7.96. The van der Waals surface area contributed by atoms with E-state index in [0.29, 0.717) is 0 Å². The average Bonchev–Trinajstić information content (AvgIpc) is 3.04. The van der Waals surface area contributed by atoms with E-state index in [0.717, 1.165) is 39.4 Å². The molecule has 1 atom stereocenters. The molecule has 2 aromatic rings. The van der Waals surface area contributed by atoms with Crippen LogP contribution < -0.4 is 5.32 Å². The second-order valence-corrected chi connectivity index (χ2v) is 7.15. The number of nitrogens with zero attached hydrogens (tertiary/aromatic N) is 2. The van der Waals surface area contributed by atoms with Crippen LogP contribution in [0.15, 0.2) is 29.6 Å². The first-order chi connectivity index (χ1) is 11.6. The molecule has 2 heterocycles. The summed E-state index contributed by atoms with van der Waals surface area (Å²) in [6, 6.07) is 8.30. The van der Waals surface area contributed by atoms with Crippen molar-refractivity contribution in [2.45, 2.75) is 13.0 Å². The van der Waals surface area contributed by atoms with Crippen molar-refractivity contribution in [3.8, 4) is 0 Å². The highest BCUT2D eigenvalue weighted by molar-refractivity contribution is 7.17. The van der Waals surface area contributed by atoms with Crippen LogP contribution in [0.3, 0.4) is 0 Å². The molecule has 0 radical (unpaired) electrons. The molecular formula is C18H25N3O2S. The normalized spacial score (nSPS) is 16.9. The van der Waals surface area contributed by atoms with Crippen LogP contribution in [-0.2, 0) is 4.74 Å². The van der Waals surface area contributed by atoms with Gasteiger partial charge < -0.3 is 15.0 Å². The Morgan fingerprint density at radius 1 is 1.38 bits per heavy atom. The van der Waals surface area contributed by atoms with E-state index in [1.165, 1.54) is 15.6 Å². The van der Waals surface area contributed by atoms with Crippen molar-refractivity contribution in [3.05, 3.63) is 35.2 Å². The quantitative estimate of drug-likeness (QED) is 0.904. The zero-order chi connectivity index (χ0) is 16.9. The van der Waals surface area contributed by atoms with Gasteiger partial charge in [0.2, 0.25) is 0 Å². The van der Waals surface area contributed by atoms with Crippen LogP contribution in [0, 0.1) is 0 Å². The first kappa shape index (κ1) is 17.2. The number of morpholine rings is 1. The number of likely N-dealkylation sites (N-methyl/N-ethyl adjacent to an activating group) is 1. The van der Waals surface area contributed by atoms with E-state index in [4.69, 9.17) is 4.74 Å². The van der Waals surface area contributed by atoms with Gasteiger partial charge in [0.1, 0.15) is 0 Å². The van der Waals surface area contributed by atoms with Crippen molar-refractivity contribution in [2.75, 3.05) is 46.4 Å². The molecule has 1 aliphatic rings. The van der Waals surface area contributed by atoms with E-state index in [-0.39, 0.29) is 12.1 Å². The van der Waals surface area contributed by atoms with Crippen LogP contribution in [0.25, 0.3) is 10.1 Å². The standard InChI is InChI=1S/C18H25N3O2S/c1-14(16-13-24-17-6-4-3-5-15(16)17)19-18(22)20(2)7-8-21-9-11-23-12-10-21/h3-6,13-14H,7-12H2,1-2H3,(H,19,22)/t14-/m1/s1. The highest BCUT2D eigenvalue weighted by Gasteiger charge is 2.17. The number of carbonyl (C=O) groups excluding carboxylic acids is 1. The Balaban J connectivity index is 1.53. The average molecular weight is 347 g/mol. The zero-order valence-corrected chi connectivity index (χ0v) is 15.1. The van der Waals surface area contributed by atoms with Crippen LogP contribution >= 0.6 is 11.3 Å². The Labute approximate surface area is 147 Å². The molecule has 0 spiro atoms. The number of benzene rings is 1. The second-order valence-electron chi connectivity index (χ2n) is 6.23. The molecule has 1 aromatic heterocycles. The summed E-state index contributed by atoms with van der Waals surface area (Å²) in [7, 11) is 1.86. The molecule has 3 rings (SSSR count). The molecule has 1 aromatic carbocycles. The molecule has 1 saturated heterocycles. The first-order valence-corrected chi connectivity index (χ1v) is 9.31. The largest absolute Gasteiger partial charge is 0.379 e. The number of fused-ring (bicyclic) bond motifs is 1. The van der Waals surface area contributed by atoms with E-state index < -0.39 is 0 Å². The molecule has 0 aliphatic carbocycles. The molecular weight excluding hydrogens is 322 g/mol. The van der Waals surface area contributed by atoms with Gasteiger partial charge in [-0.05, 0) is 29.3 Å². The minimum absolute atomic E-state index is 0.000475. The molecule has 1 fully saturated rings. The van der Waals surface area contributed by atoms with E-state index in [1.807, 2.05) is 26.1 Å². The highest BCUT2D eigenvalue weighted by Crippen LogP contribution is 2.29. The van der Waals surface area contributed by atoms with Gasteiger partial charge in [-0.2, -0.15) is 0 Å². The first-order valence-electron chi connectivity index (χ1n) is 8.43. The summed E-state index contributed by atoms with van der Waals surface area (Å²) in [5.74, 6) is 0. The molecule has 6 heteroatoms. The smallest absolute Gasteiger partial charge is 0.317 e. The maximum absolute atomic E-state index is 12.4. The number of carbonyl (C=O) groups is 1. The molecule has 24 heavy (non-hydrogen) atoms. The molecule has 0 unspecified atom stereocenters. The Kier molecular flexibility index (Phi) is 5.71. The number of urea groups is 1. The van der Waals surface area contributed by atoms with E-state index in [9.17, 15) is 4.79 Å². The lowest BCUT2D eigenvalue weighted by atomic mass is 10.1. The van der Waals surface area contributed by atoms with Crippen molar-refractivity contribution in [3.63, 3.8) is 0 Å². The highest BCUT2D eigenvalue weighted by atomic mass is 32.1. The van der Waals surface area contributed by atoms with Crippen LogP contribution in [0.4, 0.5) is 4.79 Å². The SMILES string of the molecule is C[C@@H](NC(=O)N(C)CCN1CCOCC1)c1csc2ccccc12. The van der Waals surface area contributed by atoms with Gasteiger partial charge in [0.25, 0.3) is 0 Å². The topological polar surface area (TPSA) is 44.8 Å². The molecule has 130 valence electrons. The van der Waals surface area contributed by atoms with Gasteiger partial charge >= 0.3 is 6.03 Å². The van der Waals surface area contributed by atoms with Crippen molar-refractivity contribution in [1.82, 2.24) is 15.1 Å². The van der Waals surface area contributed by atoms with Gasteiger partial charge in [0.15, 0.2) is 0 Å². The number of amides is 2. The summed E-state index contributed by atoms with van der Waals surface area (Å²) in [4.78, 5) is 16.5. The minimum atomic E-state index is -0.0222. The predicted molar refractivity (Wildman–Crippen MR) is 98.7 cm³/mol. The number of rotatable bonds is 5. The van der Waals surface area contributed by atoms with Crippen LogP contribution in [0.5, 0.6) is 0 Å². The van der Waals surface area contributed by atoms with Gasteiger partial charge in [0.05, 0.1) is 19.3 Å². The van der Waals surface area contributed by atoms with Crippen LogP contribution in [-0.4, -0.2) is 62.3 Å². The van der Waals surface area contributed by atoms with Crippen LogP contribution in [0.1, 0.15) is 18.5 Å². The lowest BCUT2D eigenvalue weighted by Gasteiger charge is -2.29. The lowest BCUT2D eigenvalue weighted by Crippen LogP contribution is -2.45. The third-order valence-electron chi connectivity index (χ3n) is 4.52. The minimum Gasteiger partial charge on any atom is -0.379 e. The number of nitrogens with one attached hydrogen (secondary N) is 1. The van der Waals surface area contributed by atoms with Gasteiger partial charge in [-0.15, -0.1) is 11.3 Å². The molecule has 1 aliphatic heterocycles. The summed E-state index contributed by atoms with van der Waals surface area (Å²) in [5.41, 5.74) is 1.19. The fourth-order valence-corrected chi connectivity index (χ4v) is 3.98. The maximum Gasteiger partial charge on any atom is 0.317 e. The third kappa shape index (κ3) is 4.06. The summed E-state index contributed by atoms with van der Waals surface area (Å²) in [5, 5.41) is 6.48. The molecule has 2 amide bonds. The summed E-state index contributed by atoms with van der Waals surface area (Å²) in [6.07, 6.45) is 0. The van der Waals surface area contributed by atoms with Crippen molar-refractivity contribution in [1.29, 1.82) is 0 Å². The fraction of sp³-hybridized carbons (Fsp3) is 0.500. The van der Waals surface area contributed by atoms with Gasteiger partial charge in [-0.25, -0.2) is 4.79 Å².